The van der Waals surface area contributed by atoms with Gasteiger partial charge in [0.25, 0.3) is 10.1 Å². The van der Waals surface area contributed by atoms with E-state index in [1.54, 1.807) is 13.8 Å². The quantitative estimate of drug-likeness (QED) is 0.233. The van der Waals surface area contributed by atoms with Crippen LogP contribution in [-0.2, 0) is 23.8 Å². The van der Waals surface area contributed by atoms with Crippen molar-refractivity contribution in [3.63, 3.8) is 0 Å². The Balaban J connectivity index is -0.00000144. The van der Waals surface area contributed by atoms with E-state index in [4.69, 9.17) is 4.74 Å². The largest absolute Gasteiger partial charge is 1.00 e. The minimum atomic E-state index is -3.86. The molecule has 0 N–H and O–H groups in total. The number of carbonyl (C=O) groups excluding carboxylic acids is 1. The third-order valence-electron chi connectivity index (χ3n) is 2.50. The van der Waals surface area contributed by atoms with Gasteiger partial charge in [-0.2, -0.15) is 8.42 Å². The second kappa shape index (κ2) is 12.1. The first kappa shape index (κ1) is 21.7. The molecule has 110 valence electrons. The van der Waals surface area contributed by atoms with E-state index in [1.165, 1.54) is 0 Å². The van der Waals surface area contributed by atoms with Gasteiger partial charge in [-0.1, -0.05) is 32.6 Å². The van der Waals surface area contributed by atoms with Crippen molar-refractivity contribution in [2.45, 2.75) is 58.1 Å². The molecule has 5 nitrogen and oxygen atoms in total. The Hall–Kier alpha value is 0.380. The van der Waals surface area contributed by atoms with E-state index < -0.39 is 21.3 Å². The Morgan fingerprint density at radius 2 is 1.74 bits per heavy atom. The van der Waals surface area contributed by atoms with Crippen molar-refractivity contribution in [3.8, 4) is 0 Å². The number of hydrogen-bond acceptors (Lipinski definition) is 5. The Labute approximate surface area is 140 Å². The standard InChI is InChI=1S/C12H24O5S.Na.H/c1-4-7-8-9-10-11(12(13)16-5-2)18(14,15)17-6-3;;/h11H,4-10H2,1-3H3;;/q;+1;-1. The monoisotopic (exact) mass is 304 g/mol. The minimum Gasteiger partial charge on any atom is -1.00 e. The van der Waals surface area contributed by atoms with Crippen LogP contribution in [0.1, 0.15) is 54.3 Å². The summed E-state index contributed by atoms with van der Waals surface area (Å²) in [6.07, 6.45) is 3.95. The molecule has 0 saturated carbocycles. The summed E-state index contributed by atoms with van der Waals surface area (Å²) in [6, 6.07) is 0. The van der Waals surface area contributed by atoms with E-state index in [-0.39, 0.29) is 50.6 Å². The molecule has 0 aromatic rings. The molecule has 0 aromatic carbocycles. The summed E-state index contributed by atoms with van der Waals surface area (Å²) in [4.78, 5) is 11.6. The maximum atomic E-state index is 11.8. The van der Waals surface area contributed by atoms with E-state index in [1.807, 2.05) is 0 Å². The molecule has 1 unspecified atom stereocenters. The molecule has 0 aromatic heterocycles. The van der Waals surface area contributed by atoms with Crippen molar-refractivity contribution >= 4 is 16.1 Å². The van der Waals surface area contributed by atoms with Crippen LogP contribution in [0.3, 0.4) is 0 Å². The van der Waals surface area contributed by atoms with E-state index in [9.17, 15) is 13.2 Å². The zero-order valence-electron chi connectivity index (χ0n) is 13.5. The average molecular weight is 304 g/mol. The molecule has 0 aliphatic heterocycles. The first-order chi connectivity index (χ1) is 8.49. The van der Waals surface area contributed by atoms with Gasteiger partial charge in [0.05, 0.1) is 13.2 Å². The Morgan fingerprint density at radius 1 is 1.11 bits per heavy atom. The van der Waals surface area contributed by atoms with Gasteiger partial charge in [-0.15, -0.1) is 0 Å². The van der Waals surface area contributed by atoms with Crippen molar-refractivity contribution in [1.82, 2.24) is 0 Å². The fourth-order valence-electron chi connectivity index (χ4n) is 1.62. The number of hydrogen-bond donors (Lipinski definition) is 0. The third-order valence-corrected chi connectivity index (χ3v) is 4.19. The van der Waals surface area contributed by atoms with E-state index in [0.29, 0.717) is 6.42 Å². The molecule has 0 rings (SSSR count). The van der Waals surface area contributed by atoms with Crippen LogP contribution < -0.4 is 29.6 Å². The molecule has 0 aliphatic carbocycles. The smallest absolute Gasteiger partial charge is 1.00 e. The first-order valence-electron chi connectivity index (χ1n) is 6.54. The van der Waals surface area contributed by atoms with Crippen LogP contribution in [0.2, 0.25) is 0 Å². The molecule has 19 heavy (non-hydrogen) atoms. The van der Waals surface area contributed by atoms with Crippen LogP contribution >= 0.6 is 0 Å². The van der Waals surface area contributed by atoms with Gasteiger partial charge in [0.1, 0.15) is 0 Å². The van der Waals surface area contributed by atoms with Crippen LogP contribution in [0, 0.1) is 0 Å². The summed E-state index contributed by atoms with van der Waals surface area (Å²) in [5.74, 6) is -0.706. The number of ether oxygens (including phenoxy) is 1. The average Bonchev–Trinajstić information content (AvgIpc) is 2.28. The van der Waals surface area contributed by atoms with Crippen LogP contribution in [0.15, 0.2) is 0 Å². The van der Waals surface area contributed by atoms with Gasteiger partial charge in [0.15, 0.2) is 5.25 Å². The fraction of sp³-hybridized carbons (Fsp3) is 0.917. The Morgan fingerprint density at radius 3 is 2.21 bits per heavy atom. The number of unbranched alkanes of at least 4 members (excludes halogenated alkanes) is 3. The second-order valence-corrected chi connectivity index (χ2v) is 5.78. The van der Waals surface area contributed by atoms with Gasteiger partial charge in [0, 0.05) is 0 Å². The van der Waals surface area contributed by atoms with E-state index >= 15 is 0 Å². The minimum absolute atomic E-state index is 0. The normalized spacial score (nSPS) is 12.6. The molecule has 7 heteroatoms. The van der Waals surface area contributed by atoms with Crippen molar-refractivity contribution < 1.29 is 53.1 Å². The summed E-state index contributed by atoms with van der Waals surface area (Å²) in [5, 5.41) is -1.19. The zero-order chi connectivity index (χ0) is 14.0. The van der Waals surface area contributed by atoms with Crippen molar-refractivity contribution in [2.75, 3.05) is 13.2 Å². The zero-order valence-corrected chi connectivity index (χ0v) is 15.3. The molecular formula is C12H25NaO5S. The number of rotatable bonds is 10. The van der Waals surface area contributed by atoms with Gasteiger partial charge in [-0.3, -0.25) is 8.98 Å². The summed E-state index contributed by atoms with van der Waals surface area (Å²) in [7, 11) is -3.86. The molecule has 0 radical (unpaired) electrons. The molecule has 0 aliphatic rings. The summed E-state index contributed by atoms with van der Waals surface area (Å²) < 4.78 is 33.1. The van der Waals surface area contributed by atoms with Gasteiger partial charge in [-0.25, -0.2) is 0 Å². The SMILES string of the molecule is CCCCCCC(C(=O)OCC)S(=O)(=O)OCC.[H-].[Na+]. The van der Waals surface area contributed by atoms with Gasteiger partial charge in [0.2, 0.25) is 0 Å². The molecule has 0 fully saturated rings. The van der Waals surface area contributed by atoms with Crippen LogP contribution in [0.5, 0.6) is 0 Å². The topological polar surface area (TPSA) is 69.7 Å². The Kier molecular flexibility index (Phi) is 13.9. The molecule has 0 bridgehead atoms. The van der Waals surface area contributed by atoms with Crippen molar-refractivity contribution in [2.24, 2.45) is 0 Å². The van der Waals surface area contributed by atoms with Gasteiger partial charge in [-0.05, 0) is 20.3 Å². The first-order valence-corrected chi connectivity index (χ1v) is 8.01. The summed E-state index contributed by atoms with van der Waals surface area (Å²) in [5.41, 5.74) is 0. The fourth-order valence-corrected chi connectivity index (χ4v) is 2.87. The number of carbonyl (C=O) groups is 1. The van der Waals surface area contributed by atoms with Crippen molar-refractivity contribution in [3.05, 3.63) is 0 Å². The van der Waals surface area contributed by atoms with Gasteiger partial charge >= 0.3 is 35.5 Å². The Bertz CT molecular complexity index is 335. The molecule has 1 atom stereocenters. The van der Waals surface area contributed by atoms with Crippen molar-refractivity contribution in [1.29, 1.82) is 0 Å². The molecule has 0 heterocycles. The predicted octanol–water partition coefficient (Wildman–Crippen LogP) is -0.629. The second-order valence-electron chi connectivity index (χ2n) is 3.99. The third kappa shape index (κ3) is 9.02. The summed E-state index contributed by atoms with van der Waals surface area (Å²) in [6.45, 7) is 5.51. The number of esters is 1. The van der Waals surface area contributed by atoms with Crippen LogP contribution in [0.25, 0.3) is 0 Å². The van der Waals surface area contributed by atoms with Gasteiger partial charge < -0.3 is 6.16 Å². The van der Waals surface area contributed by atoms with Crippen LogP contribution in [-0.4, -0.2) is 32.9 Å². The maximum absolute atomic E-state index is 11.8. The van der Waals surface area contributed by atoms with E-state index in [0.717, 1.165) is 19.3 Å². The molecule has 0 spiro atoms. The molecular weight excluding hydrogens is 279 g/mol. The van der Waals surface area contributed by atoms with Crippen LogP contribution in [0.4, 0.5) is 0 Å². The maximum Gasteiger partial charge on any atom is 1.00 e. The molecule has 0 saturated heterocycles. The molecule has 0 amide bonds. The van der Waals surface area contributed by atoms with E-state index in [2.05, 4.69) is 11.1 Å². The summed E-state index contributed by atoms with van der Waals surface area (Å²) >= 11 is 0. The predicted molar refractivity (Wildman–Crippen MR) is 70.8 cm³/mol.